The summed E-state index contributed by atoms with van der Waals surface area (Å²) in [5.74, 6) is -3.17. The molecule has 1 unspecified atom stereocenters. The molecule has 174 valence electrons. The summed E-state index contributed by atoms with van der Waals surface area (Å²) in [5.41, 5.74) is -1.27. The van der Waals surface area contributed by atoms with Crippen molar-refractivity contribution in [3.8, 4) is 5.82 Å². The highest BCUT2D eigenvalue weighted by molar-refractivity contribution is 5.92. The van der Waals surface area contributed by atoms with Gasteiger partial charge in [0.2, 0.25) is 5.91 Å². The Morgan fingerprint density at radius 1 is 1.27 bits per heavy atom. The Bertz CT molecular complexity index is 1160. The second-order valence-electron chi connectivity index (χ2n) is 7.32. The van der Waals surface area contributed by atoms with Crippen LogP contribution < -0.4 is 10.6 Å². The van der Waals surface area contributed by atoms with Gasteiger partial charge in [0.1, 0.15) is 12.1 Å². The van der Waals surface area contributed by atoms with Gasteiger partial charge in [0.25, 0.3) is 0 Å². The Kier molecular flexibility index (Phi) is 6.38. The van der Waals surface area contributed by atoms with E-state index in [1.165, 1.54) is 17.1 Å². The van der Waals surface area contributed by atoms with Crippen LogP contribution in [0.2, 0.25) is 0 Å². The number of morpholine rings is 1. The Labute approximate surface area is 184 Å². The number of imidazole rings is 1. The third-order valence-electron chi connectivity index (χ3n) is 4.97. The molecule has 12 heteroatoms. The molecular weight excluding hydrogens is 449 g/mol. The first-order valence-corrected chi connectivity index (χ1v) is 9.87. The molecule has 1 aliphatic heterocycles. The molecule has 1 amide bonds. The van der Waals surface area contributed by atoms with E-state index in [1.807, 2.05) is 0 Å². The van der Waals surface area contributed by atoms with Crippen LogP contribution in [-0.4, -0.2) is 40.2 Å². The minimum Gasteiger partial charge on any atom is -0.378 e. The number of hydrogen-bond acceptors (Lipinski definition) is 5. The lowest BCUT2D eigenvalue weighted by Crippen LogP contribution is -2.34. The van der Waals surface area contributed by atoms with Crippen molar-refractivity contribution in [2.24, 2.45) is 0 Å². The SMILES string of the molecule is O=C(Cc1cccc(C(F)(F)F)c1F)Nc1cnc(-n2cnc(C3COCCN3)c2)c(F)c1. The molecule has 1 atom stereocenters. The van der Waals surface area contributed by atoms with Crippen LogP contribution in [0.3, 0.4) is 0 Å². The number of alkyl halides is 3. The molecule has 4 rings (SSSR count). The number of hydrogen-bond donors (Lipinski definition) is 2. The van der Waals surface area contributed by atoms with Crippen molar-refractivity contribution < 1.29 is 31.5 Å². The van der Waals surface area contributed by atoms with E-state index in [0.29, 0.717) is 31.5 Å². The minimum atomic E-state index is -4.88. The molecule has 1 aromatic carbocycles. The number of amides is 1. The molecule has 3 aromatic rings. The van der Waals surface area contributed by atoms with Gasteiger partial charge in [-0.3, -0.25) is 9.36 Å². The van der Waals surface area contributed by atoms with E-state index in [-0.39, 0.29) is 17.5 Å². The largest absolute Gasteiger partial charge is 0.419 e. The first kappa shape index (κ1) is 22.8. The number of aromatic nitrogens is 3. The predicted octanol–water partition coefficient (Wildman–Crippen LogP) is 3.41. The van der Waals surface area contributed by atoms with Crippen molar-refractivity contribution in [1.82, 2.24) is 19.9 Å². The highest BCUT2D eigenvalue weighted by Gasteiger charge is 2.35. The number of pyridine rings is 1. The number of carbonyl (C=O) groups is 1. The fraction of sp³-hybridized carbons (Fsp3) is 0.286. The van der Waals surface area contributed by atoms with E-state index in [4.69, 9.17) is 4.74 Å². The summed E-state index contributed by atoms with van der Waals surface area (Å²) in [4.78, 5) is 20.4. The smallest absolute Gasteiger partial charge is 0.378 e. The van der Waals surface area contributed by atoms with E-state index >= 15 is 0 Å². The molecule has 2 N–H and O–H groups in total. The number of benzene rings is 1. The van der Waals surface area contributed by atoms with E-state index in [1.54, 1.807) is 6.20 Å². The number of rotatable bonds is 5. The third-order valence-corrected chi connectivity index (χ3v) is 4.97. The molecular formula is C21H18F5N5O2. The van der Waals surface area contributed by atoms with Gasteiger partial charge in [-0.1, -0.05) is 12.1 Å². The number of nitrogens with zero attached hydrogens (tertiary/aromatic N) is 3. The zero-order valence-corrected chi connectivity index (χ0v) is 17.0. The third kappa shape index (κ3) is 5.17. The molecule has 3 heterocycles. The molecule has 0 bridgehead atoms. The summed E-state index contributed by atoms with van der Waals surface area (Å²) in [5, 5.41) is 5.54. The molecule has 2 aromatic heterocycles. The van der Waals surface area contributed by atoms with Gasteiger partial charge in [-0.15, -0.1) is 0 Å². The summed E-state index contributed by atoms with van der Waals surface area (Å²) >= 11 is 0. The lowest BCUT2D eigenvalue weighted by Gasteiger charge is -2.21. The van der Waals surface area contributed by atoms with Crippen LogP contribution in [0, 0.1) is 11.6 Å². The fourth-order valence-electron chi connectivity index (χ4n) is 3.39. The van der Waals surface area contributed by atoms with Crippen LogP contribution in [0.15, 0.2) is 43.0 Å². The van der Waals surface area contributed by atoms with Crippen molar-refractivity contribution in [3.05, 3.63) is 71.4 Å². The normalized spacial score (nSPS) is 16.6. The molecule has 7 nitrogen and oxygen atoms in total. The lowest BCUT2D eigenvalue weighted by molar-refractivity contribution is -0.140. The van der Waals surface area contributed by atoms with Gasteiger partial charge in [-0.05, 0) is 11.6 Å². The molecule has 0 radical (unpaired) electrons. The maximum Gasteiger partial charge on any atom is 0.419 e. The summed E-state index contributed by atoms with van der Waals surface area (Å²) in [7, 11) is 0. The Hall–Kier alpha value is -3.38. The molecule has 0 saturated carbocycles. The summed E-state index contributed by atoms with van der Waals surface area (Å²) < 4.78 is 74.0. The molecule has 1 saturated heterocycles. The molecule has 0 aliphatic carbocycles. The highest BCUT2D eigenvalue weighted by atomic mass is 19.4. The predicted molar refractivity (Wildman–Crippen MR) is 107 cm³/mol. The van der Waals surface area contributed by atoms with Gasteiger partial charge in [0.05, 0.1) is 48.8 Å². The summed E-state index contributed by atoms with van der Waals surface area (Å²) in [6, 6.07) is 3.56. The Morgan fingerprint density at radius 3 is 2.79 bits per heavy atom. The zero-order chi connectivity index (χ0) is 23.6. The topological polar surface area (TPSA) is 81.1 Å². The maximum atomic E-state index is 14.6. The first-order chi connectivity index (χ1) is 15.7. The minimum absolute atomic E-state index is 0.0312. The van der Waals surface area contributed by atoms with Crippen molar-refractivity contribution >= 4 is 11.6 Å². The molecule has 1 aliphatic rings. The van der Waals surface area contributed by atoms with Gasteiger partial charge < -0.3 is 15.4 Å². The maximum absolute atomic E-state index is 14.6. The van der Waals surface area contributed by atoms with E-state index in [9.17, 15) is 26.7 Å². The van der Waals surface area contributed by atoms with E-state index in [2.05, 4.69) is 20.6 Å². The quantitative estimate of drug-likeness (QED) is 0.563. The molecule has 1 fully saturated rings. The van der Waals surface area contributed by atoms with Gasteiger partial charge in [-0.2, -0.15) is 13.2 Å². The lowest BCUT2D eigenvalue weighted by atomic mass is 10.1. The summed E-state index contributed by atoms with van der Waals surface area (Å²) in [6.45, 7) is 1.70. The van der Waals surface area contributed by atoms with Gasteiger partial charge in [0, 0.05) is 18.8 Å². The van der Waals surface area contributed by atoms with Crippen molar-refractivity contribution in [2.45, 2.75) is 18.6 Å². The molecule has 33 heavy (non-hydrogen) atoms. The Morgan fingerprint density at radius 2 is 2.09 bits per heavy atom. The first-order valence-electron chi connectivity index (χ1n) is 9.87. The van der Waals surface area contributed by atoms with Crippen LogP contribution in [0.1, 0.15) is 22.9 Å². The Balaban J connectivity index is 1.45. The van der Waals surface area contributed by atoms with E-state index in [0.717, 1.165) is 18.2 Å². The highest BCUT2D eigenvalue weighted by Crippen LogP contribution is 2.32. The number of anilines is 1. The number of nitrogens with one attached hydrogen (secondary N) is 2. The van der Waals surface area contributed by atoms with Crippen molar-refractivity contribution in [2.75, 3.05) is 25.1 Å². The number of ether oxygens (including phenoxy) is 1. The second kappa shape index (κ2) is 9.24. The van der Waals surface area contributed by atoms with Crippen LogP contribution >= 0.6 is 0 Å². The van der Waals surface area contributed by atoms with Gasteiger partial charge in [-0.25, -0.2) is 18.7 Å². The number of carbonyl (C=O) groups excluding carboxylic acids is 1. The van der Waals surface area contributed by atoms with Gasteiger partial charge in [0.15, 0.2) is 11.6 Å². The fourth-order valence-corrected chi connectivity index (χ4v) is 3.39. The van der Waals surface area contributed by atoms with Gasteiger partial charge >= 0.3 is 6.18 Å². The summed E-state index contributed by atoms with van der Waals surface area (Å²) in [6.07, 6.45) is -1.37. The monoisotopic (exact) mass is 467 g/mol. The van der Waals surface area contributed by atoms with Crippen LogP contribution in [0.25, 0.3) is 5.82 Å². The van der Waals surface area contributed by atoms with Crippen LogP contribution in [-0.2, 0) is 22.1 Å². The zero-order valence-electron chi connectivity index (χ0n) is 17.0. The van der Waals surface area contributed by atoms with Crippen LogP contribution in [0.4, 0.5) is 27.6 Å². The second-order valence-corrected chi connectivity index (χ2v) is 7.32. The van der Waals surface area contributed by atoms with Crippen LogP contribution in [0.5, 0.6) is 0 Å². The van der Waals surface area contributed by atoms with Crippen molar-refractivity contribution in [3.63, 3.8) is 0 Å². The molecule has 0 spiro atoms. The standard InChI is InChI=1S/C21H18F5N5O2/c22-15-7-13(30-18(32)6-12-2-1-3-14(19(12)23)21(24,25)26)8-28-20(15)31-9-16(29-11-31)17-10-33-5-4-27-17/h1-3,7-9,11,17,27H,4-6,10H2,(H,30,32). The average Bonchev–Trinajstić information content (AvgIpc) is 3.25. The van der Waals surface area contributed by atoms with E-state index < -0.39 is 41.3 Å². The van der Waals surface area contributed by atoms with Crippen molar-refractivity contribution in [1.29, 1.82) is 0 Å². The average molecular weight is 467 g/mol. The number of halogens is 5.